The molecule has 1 aromatic rings. The molecule has 1 aliphatic rings. The zero-order chi connectivity index (χ0) is 15.2. The molecule has 0 unspecified atom stereocenters. The highest BCUT2D eigenvalue weighted by atomic mass is 16.6. The number of benzene rings is 1. The Balaban J connectivity index is 2.34. The van der Waals surface area contributed by atoms with Crippen LogP contribution < -0.4 is 5.48 Å². The van der Waals surface area contributed by atoms with E-state index in [-0.39, 0.29) is 17.1 Å². The Morgan fingerprint density at radius 1 is 1.19 bits per heavy atom. The van der Waals surface area contributed by atoms with E-state index in [2.05, 4.69) is 5.48 Å². The van der Waals surface area contributed by atoms with Crippen LogP contribution in [0, 0.1) is 0 Å². The van der Waals surface area contributed by atoms with Crippen LogP contribution in [0.4, 0.5) is 0 Å². The lowest BCUT2D eigenvalue weighted by atomic mass is 10.0. The van der Waals surface area contributed by atoms with E-state index in [9.17, 15) is 9.59 Å². The summed E-state index contributed by atoms with van der Waals surface area (Å²) in [5, 5.41) is 0. The summed E-state index contributed by atoms with van der Waals surface area (Å²) in [5.74, 6) is -0.777. The highest BCUT2D eigenvalue weighted by Gasteiger charge is 2.29. The lowest BCUT2D eigenvalue weighted by molar-refractivity contribution is -0.135. The topological polar surface area (TPSA) is 64.6 Å². The number of ether oxygens (including phenoxy) is 1. The molecule has 1 N–H and O–H groups in total. The maximum Gasteiger partial charge on any atom is 0.349 e. The molecule has 0 radical (unpaired) electrons. The van der Waals surface area contributed by atoms with E-state index in [1.807, 2.05) is 25.1 Å². The summed E-state index contributed by atoms with van der Waals surface area (Å²) in [6, 6.07) is 9.03. The fourth-order valence-corrected chi connectivity index (χ4v) is 1.95. The van der Waals surface area contributed by atoms with Crippen molar-refractivity contribution < 1.29 is 19.2 Å². The fraction of sp³-hybridized carbons (Fsp3) is 0.250. The van der Waals surface area contributed by atoms with Crippen molar-refractivity contribution in [2.24, 2.45) is 0 Å². The molecule has 5 heteroatoms. The van der Waals surface area contributed by atoms with Gasteiger partial charge in [0, 0.05) is 11.6 Å². The van der Waals surface area contributed by atoms with Gasteiger partial charge in [-0.3, -0.25) is 15.1 Å². The Labute approximate surface area is 123 Å². The van der Waals surface area contributed by atoms with Crippen molar-refractivity contribution >= 4 is 17.5 Å². The van der Waals surface area contributed by atoms with E-state index in [0.29, 0.717) is 24.3 Å². The summed E-state index contributed by atoms with van der Waals surface area (Å²) < 4.78 is 5.27. The van der Waals surface area contributed by atoms with Gasteiger partial charge in [-0.05, 0) is 13.3 Å². The predicted octanol–water partition coefficient (Wildman–Crippen LogP) is 2.36. The number of cyclic esters (lactones) is 1. The fourth-order valence-electron chi connectivity index (χ4n) is 1.95. The molecule has 110 valence electrons. The van der Waals surface area contributed by atoms with Crippen LogP contribution in [0.2, 0.25) is 0 Å². The van der Waals surface area contributed by atoms with Gasteiger partial charge in [0.15, 0.2) is 5.78 Å². The van der Waals surface area contributed by atoms with Gasteiger partial charge in [-0.15, -0.1) is 0 Å². The summed E-state index contributed by atoms with van der Waals surface area (Å²) in [7, 11) is 0. The smallest absolute Gasteiger partial charge is 0.349 e. The summed E-state index contributed by atoms with van der Waals surface area (Å²) in [4.78, 5) is 29.4. The molecule has 0 aromatic heterocycles. The minimum atomic E-state index is -0.662. The second-order valence-electron chi connectivity index (χ2n) is 4.37. The van der Waals surface area contributed by atoms with Gasteiger partial charge in [0.1, 0.15) is 11.3 Å². The average molecular weight is 287 g/mol. The van der Waals surface area contributed by atoms with Gasteiger partial charge in [0.2, 0.25) is 0 Å². The lowest BCUT2D eigenvalue weighted by Gasteiger charge is -2.18. The number of hydroxylamine groups is 1. The van der Waals surface area contributed by atoms with Crippen LogP contribution in [0.25, 0.3) is 5.76 Å². The molecule has 1 heterocycles. The van der Waals surface area contributed by atoms with Gasteiger partial charge >= 0.3 is 5.97 Å². The number of carbonyl (C=O) groups is 2. The molecule has 0 atom stereocenters. The lowest BCUT2D eigenvalue weighted by Crippen LogP contribution is -2.26. The molecule has 0 bridgehead atoms. The maximum atomic E-state index is 12.2. The maximum absolute atomic E-state index is 12.2. The largest absolute Gasteiger partial charge is 0.422 e. The standard InChI is InChI=1S/C16H17NO4/c1-3-12(17-20-4-2)15-13(18)10-14(21-16(15)19)11-8-6-5-7-9-11/h5-10,17H,3-4H2,1-2H3. The summed E-state index contributed by atoms with van der Waals surface area (Å²) in [6.45, 7) is 4.05. The van der Waals surface area contributed by atoms with Crippen molar-refractivity contribution in [2.75, 3.05) is 6.61 Å². The molecule has 0 aliphatic carbocycles. The number of nitrogens with one attached hydrogen (secondary N) is 1. The average Bonchev–Trinajstić information content (AvgIpc) is 2.50. The van der Waals surface area contributed by atoms with Crippen LogP contribution in [0.15, 0.2) is 47.7 Å². The zero-order valence-electron chi connectivity index (χ0n) is 12.0. The Morgan fingerprint density at radius 3 is 2.48 bits per heavy atom. The first-order valence-corrected chi connectivity index (χ1v) is 6.82. The Hall–Kier alpha value is -2.40. The molecule has 0 saturated carbocycles. The second kappa shape index (κ2) is 6.85. The van der Waals surface area contributed by atoms with Crippen LogP contribution in [-0.4, -0.2) is 18.4 Å². The Morgan fingerprint density at radius 2 is 1.90 bits per heavy atom. The third kappa shape index (κ3) is 3.38. The van der Waals surface area contributed by atoms with Crippen LogP contribution >= 0.6 is 0 Å². The highest BCUT2D eigenvalue weighted by molar-refractivity contribution is 6.26. The molecule has 21 heavy (non-hydrogen) atoms. The minimum Gasteiger partial charge on any atom is -0.422 e. The van der Waals surface area contributed by atoms with Crippen molar-refractivity contribution in [1.82, 2.24) is 5.48 Å². The van der Waals surface area contributed by atoms with E-state index in [1.54, 1.807) is 19.1 Å². The van der Waals surface area contributed by atoms with Gasteiger partial charge in [-0.2, -0.15) is 0 Å². The summed E-state index contributed by atoms with van der Waals surface area (Å²) >= 11 is 0. The van der Waals surface area contributed by atoms with Gasteiger partial charge in [-0.1, -0.05) is 37.3 Å². The number of carbonyl (C=O) groups excluding carboxylic acids is 2. The third-order valence-corrected chi connectivity index (χ3v) is 2.97. The van der Waals surface area contributed by atoms with Crippen molar-refractivity contribution in [3.8, 4) is 0 Å². The molecular weight excluding hydrogens is 270 g/mol. The first-order valence-electron chi connectivity index (χ1n) is 6.82. The van der Waals surface area contributed by atoms with Gasteiger partial charge in [0.05, 0.1) is 12.3 Å². The quantitative estimate of drug-likeness (QED) is 0.390. The monoisotopic (exact) mass is 287 g/mol. The molecule has 1 aliphatic heterocycles. The number of allylic oxidation sites excluding steroid dienone is 2. The van der Waals surface area contributed by atoms with Gasteiger partial charge in [-0.25, -0.2) is 4.79 Å². The molecule has 2 rings (SSSR count). The molecule has 0 amide bonds. The van der Waals surface area contributed by atoms with E-state index >= 15 is 0 Å². The van der Waals surface area contributed by atoms with Crippen LogP contribution in [0.3, 0.4) is 0 Å². The number of ketones is 1. The normalized spacial score (nSPS) is 17.1. The zero-order valence-corrected chi connectivity index (χ0v) is 12.0. The number of hydrogen-bond donors (Lipinski definition) is 1. The third-order valence-electron chi connectivity index (χ3n) is 2.97. The van der Waals surface area contributed by atoms with E-state index in [4.69, 9.17) is 9.57 Å². The molecule has 0 fully saturated rings. The first kappa shape index (κ1) is 15.0. The Bertz CT molecular complexity index is 602. The van der Waals surface area contributed by atoms with Gasteiger partial charge < -0.3 is 4.74 Å². The summed E-state index contributed by atoms with van der Waals surface area (Å²) in [5.41, 5.74) is 3.74. The van der Waals surface area contributed by atoms with Gasteiger partial charge in [0.25, 0.3) is 0 Å². The number of rotatable bonds is 5. The SMILES string of the molecule is CCONC(CC)=C1C(=O)C=C(c2ccccc2)OC1=O. The van der Waals surface area contributed by atoms with E-state index in [0.717, 1.165) is 0 Å². The van der Waals surface area contributed by atoms with E-state index < -0.39 is 5.97 Å². The molecule has 0 saturated heterocycles. The minimum absolute atomic E-state index is 0.00867. The molecule has 0 spiro atoms. The van der Waals surface area contributed by atoms with Crippen LogP contribution in [0.5, 0.6) is 0 Å². The van der Waals surface area contributed by atoms with Crippen molar-refractivity contribution in [3.05, 3.63) is 53.2 Å². The predicted molar refractivity (Wildman–Crippen MR) is 77.6 cm³/mol. The first-order chi connectivity index (χ1) is 10.2. The van der Waals surface area contributed by atoms with Crippen LogP contribution in [-0.2, 0) is 19.2 Å². The van der Waals surface area contributed by atoms with Crippen molar-refractivity contribution in [2.45, 2.75) is 20.3 Å². The molecule has 1 aromatic carbocycles. The van der Waals surface area contributed by atoms with Crippen molar-refractivity contribution in [1.29, 1.82) is 0 Å². The van der Waals surface area contributed by atoms with E-state index in [1.165, 1.54) is 6.08 Å². The summed E-state index contributed by atoms with van der Waals surface area (Å²) in [6.07, 6.45) is 1.79. The molecule has 5 nitrogen and oxygen atoms in total. The second-order valence-corrected chi connectivity index (χ2v) is 4.37. The highest BCUT2D eigenvalue weighted by Crippen LogP contribution is 2.24. The Kier molecular flexibility index (Phi) is 4.90. The molecular formula is C16H17NO4. The van der Waals surface area contributed by atoms with Crippen molar-refractivity contribution in [3.63, 3.8) is 0 Å². The van der Waals surface area contributed by atoms with Crippen LogP contribution in [0.1, 0.15) is 25.8 Å². The number of hydrogen-bond acceptors (Lipinski definition) is 5. The number of esters is 1.